The lowest BCUT2D eigenvalue weighted by Crippen LogP contribution is -2.33. The van der Waals surface area contributed by atoms with Crippen molar-refractivity contribution in [1.82, 2.24) is 0 Å². The van der Waals surface area contributed by atoms with Crippen molar-refractivity contribution in [2.45, 2.75) is 12.3 Å². The van der Waals surface area contributed by atoms with Gasteiger partial charge in [0.05, 0.1) is 7.11 Å². The molecular formula is C12H12F4O3. The van der Waals surface area contributed by atoms with E-state index in [9.17, 15) is 22.4 Å². The van der Waals surface area contributed by atoms with Gasteiger partial charge >= 0.3 is 12.3 Å². The molecule has 0 spiro atoms. The van der Waals surface area contributed by atoms with Crippen molar-refractivity contribution in [1.29, 1.82) is 0 Å². The highest BCUT2D eigenvalue weighted by Crippen LogP contribution is 2.23. The lowest BCUT2D eigenvalue weighted by molar-refractivity contribution is -0.163. The molecule has 1 aromatic rings. The second-order valence-corrected chi connectivity index (χ2v) is 3.71. The molecule has 0 fully saturated rings. The molecule has 0 N–H and O–H groups in total. The van der Waals surface area contributed by atoms with E-state index in [0.717, 1.165) is 0 Å². The summed E-state index contributed by atoms with van der Waals surface area (Å²) in [6, 6.07) is 5.98. The van der Waals surface area contributed by atoms with Crippen LogP contribution in [0.3, 0.4) is 0 Å². The molecule has 1 rings (SSSR count). The van der Waals surface area contributed by atoms with Crippen LogP contribution in [0.1, 0.15) is 10.4 Å². The summed E-state index contributed by atoms with van der Waals surface area (Å²) >= 11 is 0. The zero-order chi connectivity index (χ0) is 14.5. The van der Waals surface area contributed by atoms with E-state index in [1.807, 2.05) is 0 Å². The smallest absolute Gasteiger partial charge is 0.330 e. The van der Waals surface area contributed by atoms with Gasteiger partial charge in [-0.05, 0) is 12.1 Å². The molecular weight excluding hydrogens is 268 g/mol. The van der Waals surface area contributed by atoms with Crippen LogP contribution in [0.2, 0.25) is 0 Å². The van der Waals surface area contributed by atoms with Crippen molar-refractivity contribution >= 4 is 5.78 Å². The summed E-state index contributed by atoms with van der Waals surface area (Å²) in [6.07, 6.45) is -3.82. The fraction of sp³-hybridized carbons (Fsp3) is 0.417. The average Bonchev–Trinajstić information content (AvgIpc) is 2.38. The van der Waals surface area contributed by atoms with Crippen LogP contribution in [-0.4, -0.2) is 38.5 Å². The standard InChI is InChI=1S/C12H12F4O3/c1-18-9-4-2-3-8(5-9)10(17)6-19-7-12(15,16)11(13)14/h2-5,11H,6-7H2,1H3. The first-order valence-corrected chi connectivity index (χ1v) is 5.28. The van der Waals surface area contributed by atoms with Gasteiger partial charge in [-0.2, -0.15) is 8.78 Å². The number of methoxy groups -OCH3 is 1. The Balaban J connectivity index is 2.52. The number of alkyl halides is 4. The number of rotatable bonds is 7. The van der Waals surface area contributed by atoms with Crippen molar-refractivity contribution in [3.05, 3.63) is 29.8 Å². The predicted octanol–water partition coefficient (Wildman–Crippen LogP) is 2.79. The third kappa shape index (κ3) is 4.51. The molecule has 0 bridgehead atoms. The Hall–Kier alpha value is -1.63. The Morgan fingerprint density at radius 2 is 2.05 bits per heavy atom. The van der Waals surface area contributed by atoms with Crippen LogP contribution < -0.4 is 4.74 Å². The second-order valence-electron chi connectivity index (χ2n) is 3.71. The Kier molecular flexibility index (Phi) is 5.29. The SMILES string of the molecule is COc1cccc(C(=O)COCC(F)(F)C(F)F)c1. The first-order chi connectivity index (χ1) is 8.86. The van der Waals surface area contributed by atoms with Crippen molar-refractivity contribution in [2.24, 2.45) is 0 Å². The summed E-state index contributed by atoms with van der Waals surface area (Å²) in [4.78, 5) is 11.6. The summed E-state index contributed by atoms with van der Waals surface area (Å²) in [5, 5.41) is 0. The van der Waals surface area contributed by atoms with E-state index in [-0.39, 0.29) is 5.56 Å². The molecule has 0 aliphatic heterocycles. The van der Waals surface area contributed by atoms with E-state index in [1.165, 1.54) is 19.2 Å². The van der Waals surface area contributed by atoms with Crippen molar-refractivity contribution in [2.75, 3.05) is 20.3 Å². The average molecular weight is 280 g/mol. The molecule has 0 radical (unpaired) electrons. The van der Waals surface area contributed by atoms with Crippen LogP contribution in [0.5, 0.6) is 5.75 Å². The quantitative estimate of drug-likeness (QED) is 0.569. The molecule has 0 saturated carbocycles. The molecule has 19 heavy (non-hydrogen) atoms. The van der Waals surface area contributed by atoms with Gasteiger partial charge in [0, 0.05) is 5.56 Å². The lowest BCUT2D eigenvalue weighted by atomic mass is 10.1. The van der Waals surface area contributed by atoms with E-state index in [1.54, 1.807) is 12.1 Å². The number of halogens is 4. The van der Waals surface area contributed by atoms with Gasteiger partial charge in [-0.15, -0.1) is 0 Å². The lowest BCUT2D eigenvalue weighted by Gasteiger charge is -2.14. The van der Waals surface area contributed by atoms with Crippen molar-refractivity contribution in [3.8, 4) is 5.75 Å². The van der Waals surface area contributed by atoms with E-state index >= 15 is 0 Å². The molecule has 0 saturated heterocycles. The van der Waals surface area contributed by atoms with Gasteiger partial charge < -0.3 is 9.47 Å². The molecule has 106 valence electrons. The second kappa shape index (κ2) is 6.51. The Morgan fingerprint density at radius 3 is 2.63 bits per heavy atom. The first-order valence-electron chi connectivity index (χ1n) is 5.28. The summed E-state index contributed by atoms with van der Waals surface area (Å²) in [5.41, 5.74) is 0.194. The summed E-state index contributed by atoms with van der Waals surface area (Å²) in [5.74, 6) is -4.43. The summed E-state index contributed by atoms with van der Waals surface area (Å²) in [7, 11) is 1.41. The van der Waals surface area contributed by atoms with Gasteiger partial charge in [0.25, 0.3) is 0 Å². The monoisotopic (exact) mass is 280 g/mol. The zero-order valence-corrected chi connectivity index (χ0v) is 10.0. The van der Waals surface area contributed by atoms with Crippen LogP contribution >= 0.6 is 0 Å². The normalized spacial score (nSPS) is 11.7. The van der Waals surface area contributed by atoms with E-state index in [0.29, 0.717) is 5.75 Å². The number of carbonyl (C=O) groups excluding carboxylic acids is 1. The molecule has 0 amide bonds. The van der Waals surface area contributed by atoms with Crippen LogP contribution in [0.25, 0.3) is 0 Å². The number of hydrogen-bond acceptors (Lipinski definition) is 3. The number of Topliss-reactive ketones (excluding diaryl/α,β-unsaturated/α-hetero) is 1. The Morgan fingerprint density at radius 1 is 1.37 bits per heavy atom. The Bertz CT molecular complexity index is 435. The van der Waals surface area contributed by atoms with Crippen LogP contribution in [0, 0.1) is 0 Å². The molecule has 3 nitrogen and oxygen atoms in total. The maximum Gasteiger partial charge on any atom is 0.330 e. The first kappa shape index (κ1) is 15.4. The number of ether oxygens (including phenoxy) is 2. The van der Waals surface area contributed by atoms with Gasteiger partial charge in [-0.1, -0.05) is 12.1 Å². The maximum absolute atomic E-state index is 12.5. The third-order valence-corrected chi connectivity index (χ3v) is 2.24. The molecule has 0 unspecified atom stereocenters. The van der Waals surface area contributed by atoms with Crippen molar-refractivity contribution in [3.63, 3.8) is 0 Å². The van der Waals surface area contributed by atoms with Gasteiger partial charge in [0.2, 0.25) is 0 Å². The molecule has 0 aliphatic carbocycles. The number of hydrogen-bond donors (Lipinski definition) is 0. The van der Waals surface area contributed by atoms with Crippen LogP contribution in [0.15, 0.2) is 24.3 Å². The molecule has 1 aromatic carbocycles. The van der Waals surface area contributed by atoms with Gasteiger partial charge in [-0.3, -0.25) is 4.79 Å². The van der Waals surface area contributed by atoms with Gasteiger partial charge in [0.15, 0.2) is 5.78 Å². The van der Waals surface area contributed by atoms with E-state index in [4.69, 9.17) is 4.74 Å². The predicted molar refractivity (Wildman–Crippen MR) is 59.1 cm³/mol. The summed E-state index contributed by atoms with van der Waals surface area (Å²) < 4.78 is 57.9. The minimum Gasteiger partial charge on any atom is -0.497 e. The third-order valence-electron chi connectivity index (χ3n) is 2.24. The molecule has 0 atom stereocenters. The number of benzene rings is 1. The molecule has 7 heteroatoms. The van der Waals surface area contributed by atoms with Gasteiger partial charge in [0.1, 0.15) is 19.0 Å². The minimum absolute atomic E-state index is 0.194. The zero-order valence-electron chi connectivity index (χ0n) is 10.0. The van der Waals surface area contributed by atoms with E-state index in [2.05, 4.69) is 4.74 Å². The van der Waals surface area contributed by atoms with Crippen molar-refractivity contribution < 1.29 is 31.8 Å². The topological polar surface area (TPSA) is 35.5 Å². The minimum atomic E-state index is -4.26. The van der Waals surface area contributed by atoms with Crippen LogP contribution in [0.4, 0.5) is 17.6 Å². The van der Waals surface area contributed by atoms with Crippen LogP contribution in [-0.2, 0) is 4.74 Å². The molecule has 0 heterocycles. The largest absolute Gasteiger partial charge is 0.497 e. The summed E-state index contributed by atoms with van der Waals surface area (Å²) in [6.45, 7) is -2.20. The fourth-order valence-corrected chi connectivity index (χ4v) is 1.22. The fourth-order valence-electron chi connectivity index (χ4n) is 1.22. The number of carbonyl (C=O) groups is 1. The highest BCUT2D eigenvalue weighted by molar-refractivity contribution is 5.97. The number of ketones is 1. The molecule has 0 aliphatic rings. The maximum atomic E-state index is 12.5. The van der Waals surface area contributed by atoms with Gasteiger partial charge in [-0.25, -0.2) is 8.78 Å². The molecule has 0 aromatic heterocycles. The van der Waals surface area contributed by atoms with E-state index < -0.39 is 31.3 Å². The highest BCUT2D eigenvalue weighted by Gasteiger charge is 2.41. The Labute approximate surface area is 107 Å². The highest BCUT2D eigenvalue weighted by atomic mass is 19.3.